The van der Waals surface area contributed by atoms with Crippen molar-refractivity contribution in [2.75, 3.05) is 26.2 Å². The van der Waals surface area contributed by atoms with Crippen molar-refractivity contribution < 1.29 is 9.59 Å². The third kappa shape index (κ3) is 4.17. The molecule has 0 aliphatic carbocycles. The summed E-state index contributed by atoms with van der Waals surface area (Å²) in [5, 5.41) is 0. The Hall–Kier alpha value is -2.28. The maximum atomic E-state index is 12.4. The predicted octanol–water partition coefficient (Wildman–Crippen LogP) is 1.85. The number of carbonyl (C=O) groups is 2. The molecule has 0 atom stereocenters. The first-order valence-corrected chi connectivity index (χ1v) is 8.85. The number of amides is 2. The monoisotopic (exact) mass is 344 g/mol. The summed E-state index contributed by atoms with van der Waals surface area (Å²) in [6, 6.07) is 10.0. The van der Waals surface area contributed by atoms with Gasteiger partial charge in [0, 0.05) is 32.6 Å². The summed E-state index contributed by atoms with van der Waals surface area (Å²) in [6.45, 7) is 2.48. The molecule has 24 heavy (non-hydrogen) atoms. The van der Waals surface area contributed by atoms with E-state index in [1.807, 2.05) is 35.2 Å². The van der Waals surface area contributed by atoms with Gasteiger partial charge in [0.25, 0.3) is 5.91 Å². The van der Waals surface area contributed by atoms with Crippen LogP contribution < -0.4 is 0 Å². The van der Waals surface area contributed by atoms with Gasteiger partial charge in [0.2, 0.25) is 5.91 Å². The van der Waals surface area contributed by atoms with Crippen molar-refractivity contribution in [3.05, 3.63) is 47.8 Å². The van der Waals surface area contributed by atoms with Crippen LogP contribution >= 0.6 is 11.7 Å². The summed E-state index contributed by atoms with van der Waals surface area (Å²) in [4.78, 5) is 28.4. The fraction of sp³-hybridized carbons (Fsp3) is 0.412. The minimum atomic E-state index is -0.0951. The molecule has 2 aromatic rings. The minimum absolute atomic E-state index is 0.0951. The molecule has 1 saturated heterocycles. The van der Waals surface area contributed by atoms with E-state index in [4.69, 9.17) is 0 Å². The molecule has 1 aliphatic heterocycles. The Morgan fingerprint density at radius 1 is 1.04 bits per heavy atom. The van der Waals surface area contributed by atoms with Gasteiger partial charge in [-0.3, -0.25) is 9.59 Å². The molecule has 1 fully saturated rings. The highest BCUT2D eigenvalue weighted by atomic mass is 32.1. The van der Waals surface area contributed by atoms with E-state index in [1.54, 1.807) is 4.90 Å². The zero-order valence-electron chi connectivity index (χ0n) is 13.4. The van der Waals surface area contributed by atoms with Crippen LogP contribution in [0, 0.1) is 0 Å². The first kappa shape index (κ1) is 16.6. The smallest absolute Gasteiger partial charge is 0.275 e. The van der Waals surface area contributed by atoms with Crippen molar-refractivity contribution >= 4 is 23.5 Å². The molecule has 0 radical (unpaired) electrons. The number of hydrogen-bond donors (Lipinski definition) is 0. The van der Waals surface area contributed by atoms with E-state index >= 15 is 0 Å². The van der Waals surface area contributed by atoms with E-state index < -0.39 is 0 Å². The van der Waals surface area contributed by atoms with Crippen molar-refractivity contribution in [2.24, 2.45) is 0 Å². The Morgan fingerprint density at radius 2 is 1.79 bits per heavy atom. The summed E-state index contributed by atoms with van der Waals surface area (Å²) in [5.74, 6) is 0.0609. The first-order valence-electron chi connectivity index (χ1n) is 8.12. The third-order valence-electron chi connectivity index (χ3n) is 4.19. The van der Waals surface area contributed by atoms with Gasteiger partial charge in [-0.15, -0.1) is 0 Å². The van der Waals surface area contributed by atoms with Crippen molar-refractivity contribution in [2.45, 2.75) is 19.3 Å². The second-order valence-corrected chi connectivity index (χ2v) is 6.36. The van der Waals surface area contributed by atoms with Gasteiger partial charge >= 0.3 is 0 Å². The number of aromatic nitrogens is 2. The first-order chi connectivity index (χ1) is 11.7. The van der Waals surface area contributed by atoms with E-state index in [0.717, 1.165) is 24.6 Å². The molecule has 0 bridgehead atoms. The normalized spacial score (nSPS) is 15.2. The van der Waals surface area contributed by atoms with Crippen LogP contribution in [0.3, 0.4) is 0 Å². The lowest BCUT2D eigenvalue weighted by molar-refractivity contribution is -0.131. The number of rotatable bonds is 4. The van der Waals surface area contributed by atoms with Crippen molar-refractivity contribution in [3.63, 3.8) is 0 Å². The average molecular weight is 344 g/mol. The number of carbonyl (C=O) groups excluding carboxylic acids is 2. The number of benzene rings is 1. The van der Waals surface area contributed by atoms with Gasteiger partial charge in [0.05, 0.1) is 17.9 Å². The standard InChI is InChI=1S/C17H20N4O2S/c22-16(8-7-14-5-2-1-3-6-14)20-9-4-10-21(12-11-20)17(23)15-13-18-24-19-15/h1-3,5-6,13H,4,7-12H2. The van der Waals surface area contributed by atoms with E-state index in [-0.39, 0.29) is 11.8 Å². The van der Waals surface area contributed by atoms with Crippen LogP contribution in [0.1, 0.15) is 28.9 Å². The minimum Gasteiger partial charge on any atom is -0.341 e. The molecular weight excluding hydrogens is 324 g/mol. The van der Waals surface area contributed by atoms with Crippen molar-refractivity contribution in [3.8, 4) is 0 Å². The predicted molar refractivity (Wildman–Crippen MR) is 91.8 cm³/mol. The van der Waals surface area contributed by atoms with Crippen LogP contribution in [-0.4, -0.2) is 56.5 Å². The van der Waals surface area contributed by atoms with Crippen LogP contribution in [0.5, 0.6) is 0 Å². The molecule has 0 unspecified atom stereocenters. The van der Waals surface area contributed by atoms with Gasteiger partial charge in [0.1, 0.15) is 0 Å². The van der Waals surface area contributed by atoms with Gasteiger partial charge in [-0.1, -0.05) is 30.3 Å². The molecule has 6 nitrogen and oxygen atoms in total. The van der Waals surface area contributed by atoms with Crippen molar-refractivity contribution in [1.82, 2.24) is 18.5 Å². The maximum absolute atomic E-state index is 12.4. The largest absolute Gasteiger partial charge is 0.341 e. The highest BCUT2D eigenvalue weighted by Crippen LogP contribution is 2.10. The summed E-state index contributed by atoms with van der Waals surface area (Å²) in [7, 11) is 0. The summed E-state index contributed by atoms with van der Waals surface area (Å²) in [6.07, 6.45) is 3.55. The Morgan fingerprint density at radius 3 is 2.54 bits per heavy atom. The molecule has 3 rings (SSSR count). The molecule has 0 N–H and O–H groups in total. The van der Waals surface area contributed by atoms with Gasteiger partial charge in [-0.2, -0.15) is 8.75 Å². The SMILES string of the molecule is O=C(CCc1ccccc1)N1CCCN(C(=O)c2cnsn2)CC1. The number of nitrogens with zero attached hydrogens (tertiary/aromatic N) is 4. The van der Waals surface area contributed by atoms with E-state index in [9.17, 15) is 9.59 Å². The lowest BCUT2D eigenvalue weighted by Gasteiger charge is -2.21. The van der Waals surface area contributed by atoms with Crippen LogP contribution in [0.2, 0.25) is 0 Å². The molecular formula is C17H20N4O2S. The molecule has 1 aromatic heterocycles. The topological polar surface area (TPSA) is 66.4 Å². The van der Waals surface area contributed by atoms with Crippen LogP contribution in [0.25, 0.3) is 0 Å². The lowest BCUT2D eigenvalue weighted by Crippen LogP contribution is -2.37. The molecule has 2 heterocycles. The van der Waals surface area contributed by atoms with E-state index in [2.05, 4.69) is 8.75 Å². The van der Waals surface area contributed by atoms with E-state index in [1.165, 1.54) is 11.8 Å². The second-order valence-electron chi connectivity index (χ2n) is 5.80. The molecule has 2 amide bonds. The fourth-order valence-corrected chi connectivity index (χ4v) is 3.25. The summed E-state index contributed by atoms with van der Waals surface area (Å²) in [5.41, 5.74) is 1.57. The van der Waals surface area contributed by atoms with Crippen molar-refractivity contribution in [1.29, 1.82) is 0 Å². The molecule has 0 spiro atoms. The maximum Gasteiger partial charge on any atom is 0.275 e. The zero-order chi connectivity index (χ0) is 16.8. The lowest BCUT2D eigenvalue weighted by atomic mass is 10.1. The molecule has 7 heteroatoms. The van der Waals surface area contributed by atoms with E-state index in [0.29, 0.717) is 38.3 Å². The van der Waals surface area contributed by atoms with Gasteiger partial charge in [-0.05, 0) is 18.4 Å². The quantitative estimate of drug-likeness (QED) is 0.849. The molecule has 1 aliphatic rings. The Labute approximate surface area is 145 Å². The van der Waals surface area contributed by atoms with Gasteiger partial charge < -0.3 is 9.80 Å². The zero-order valence-corrected chi connectivity index (χ0v) is 14.2. The summed E-state index contributed by atoms with van der Waals surface area (Å²) < 4.78 is 7.87. The number of aryl methyl sites for hydroxylation is 1. The average Bonchev–Trinajstić information content (AvgIpc) is 3.04. The molecule has 1 aromatic carbocycles. The van der Waals surface area contributed by atoms with Crippen LogP contribution in [0.15, 0.2) is 36.5 Å². The van der Waals surface area contributed by atoms with Crippen LogP contribution in [0.4, 0.5) is 0 Å². The summed E-state index contributed by atoms with van der Waals surface area (Å²) >= 11 is 1.04. The number of hydrogen-bond acceptors (Lipinski definition) is 5. The highest BCUT2D eigenvalue weighted by Gasteiger charge is 2.23. The molecule has 126 valence electrons. The Balaban J connectivity index is 1.51. The fourth-order valence-electron chi connectivity index (χ4n) is 2.84. The second kappa shape index (κ2) is 8.01. The van der Waals surface area contributed by atoms with Gasteiger partial charge in [0.15, 0.2) is 5.69 Å². The Bertz CT molecular complexity index is 675. The third-order valence-corrected chi connectivity index (χ3v) is 4.66. The van der Waals surface area contributed by atoms with Gasteiger partial charge in [-0.25, -0.2) is 0 Å². The van der Waals surface area contributed by atoms with Crippen LogP contribution in [-0.2, 0) is 11.2 Å². The molecule has 0 saturated carbocycles. The highest BCUT2D eigenvalue weighted by molar-refractivity contribution is 6.99. The Kier molecular flexibility index (Phi) is 5.53.